The summed E-state index contributed by atoms with van der Waals surface area (Å²) in [6.45, 7) is 7.72. The van der Waals surface area contributed by atoms with Crippen LogP contribution in [0.1, 0.15) is 38.7 Å². The summed E-state index contributed by atoms with van der Waals surface area (Å²) >= 11 is 0. The SMILES string of the molecule is CCCNC(=O)C1(C)CCCN(Cc2cccnc2)C1. The van der Waals surface area contributed by atoms with E-state index >= 15 is 0 Å². The van der Waals surface area contributed by atoms with Crippen LogP contribution in [-0.2, 0) is 11.3 Å². The molecule has 1 aromatic rings. The largest absolute Gasteiger partial charge is 0.356 e. The zero-order chi connectivity index (χ0) is 14.4. The molecule has 1 aliphatic heterocycles. The Morgan fingerprint density at radius 3 is 3.10 bits per heavy atom. The van der Waals surface area contributed by atoms with E-state index < -0.39 is 0 Å². The lowest BCUT2D eigenvalue weighted by atomic mass is 9.81. The molecule has 20 heavy (non-hydrogen) atoms. The first-order valence-corrected chi connectivity index (χ1v) is 7.53. The Balaban J connectivity index is 1.95. The lowest BCUT2D eigenvalue weighted by molar-refractivity contribution is -0.133. The van der Waals surface area contributed by atoms with Crippen molar-refractivity contribution in [3.8, 4) is 0 Å². The molecule has 2 rings (SSSR count). The zero-order valence-electron chi connectivity index (χ0n) is 12.6. The number of nitrogens with zero attached hydrogens (tertiary/aromatic N) is 2. The number of hydrogen-bond acceptors (Lipinski definition) is 3. The van der Waals surface area contributed by atoms with Crippen molar-refractivity contribution in [2.24, 2.45) is 5.41 Å². The van der Waals surface area contributed by atoms with Crippen LogP contribution in [0.25, 0.3) is 0 Å². The summed E-state index contributed by atoms with van der Waals surface area (Å²) in [4.78, 5) is 18.8. The monoisotopic (exact) mass is 275 g/mol. The number of amides is 1. The molecule has 0 bridgehead atoms. The van der Waals surface area contributed by atoms with E-state index in [4.69, 9.17) is 0 Å². The van der Waals surface area contributed by atoms with Gasteiger partial charge in [-0.15, -0.1) is 0 Å². The summed E-state index contributed by atoms with van der Waals surface area (Å²) in [5.74, 6) is 0.204. The van der Waals surface area contributed by atoms with Crippen LogP contribution in [0.3, 0.4) is 0 Å². The maximum atomic E-state index is 12.3. The number of hydrogen-bond donors (Lipinski definition) is 1. The van der Waals surface area contributed by atoms with Gasteiger partial charge in [0.05, 0.1) is 5.41 Å². The normalized spacial score (nSPS) is 23.5. The first-order chi connectivity index (χ1) is 9.64. The zero-order valence-corrected chi connectivity index (χ0v) is 12.6. The van der Waals surface area contributed by atoms with Gasteiger partial charge < -0.3 is 5.32 Å². The van der Waals surface area contributed by atoms with Crippen LogP contribution in [-0.4, -0.2) is 35.4 Å². The second-order valence-electron chi connectivity index (χ2n) is 5.99. The number of rotatable bonds is 5. The molecule has 1 saturated heterocycles. The fourth-order valence-electron chi connectivity index (χ4n) is 2.87. The maximum absolute atomic E-state index is 12.3. The van der Waals surface area contributed by atoms with Crippen molar-refractivity contribution in [2.45, 2.75) is 39.7 Å². The summed E-state index contributed by atoms with van der Waals surface area (Å²) in [7, 11) is 0. The van der Waals surface area contributed by atoms with Gasteiger partial charge in [-0.2, -0.15) is 0 Å². The molecule has 1 atom stereocenters. The number of nitrogens with one attached hydrogen (secondary N) is 1. The Morgan fingerprint density at radius 1 is 1.55 bits per heavy atom. The van der Waals surface area contributed by atoms with Gasteiger partial charge in [0.25, 0.3) is 0 Å². The molecule has 4 heteroatoms. The van der Waals surface area contributed by atoms with Crippen molar-refractivity contribution < 1.29 is 4.79 Å². The molecule has 1 aliphatic rings. The van der Waals surface area contributed by atoms with Crippen molar-refractivity contribution in [3.05, 3.63) is 30.1 Å². The van der Waals surface area contributed by atoms with Crippen molar-refractivity contribution in [1.82, 2.24) is 15.2 Å². The molecule has 1 amide bonds. The van der Waals surface area contributed by atoms with Crippen LogP contribution >= 0.6 is 0 Å². The maximum Gasteiger partial charge on any atom is 0.227 e. The summed E-state index contributed by atoms with van der Waals surface area (Å²) < 4.78 is 0. The van der Waals surface area contributed by atoms with Crippen LogP contribution in [0, 0.1) is 5.41 Å². The average molecular weight is 275 g/mol. The predicted molar refractivity (Wildman–Crippen MR) is 80.2 cm³/mol. The van der Waals surface area contributed by atoms with Gasteiger partial charge in [-0.3, -0.25) is 14.7 Å². The van der Waals surface area contributed by atoms with Crippen molar-refractivity contribution >= 4 is 5.91 Å². The van der Waals surface area contributed by atoms with E-state index in [0.717, 1.165) is 45.4 Å². The highest BCUT2D eigenvalue weighted by Crippen LogP contribution is 2.30. The highest BCUT2D eigenvalue weighted by atomic mass is 16.2. The van der Waals surface area contributed by atoms with E-state index in [2.05, 4.69) is 35.1 Å². The van der Waals surface area contributed by atoms with Crippen molar-refractivity contribution in [1.29, 1.82) is 0 Å². The average Bonchev–Trinajstić information content (AvgIpc) is 2.46. The highest BCUT2D eigenvalue weighted by Gasteiger charge is 2.37. The van der Waals surface area contributed by atoms with E-state index in [1.54, 1.807) is 6.20 Å². The second kappa shape index (κ2) is 6.84. The third-order valence-corrected chi connectivity index (χ3v) is 3.99. The first kappa shape index (κ1) is 15.0. The number of carbonyl (C=O) groups is 1. The molecule has 110 valence electrons. The molecule has 1 unspecified atom stereocenters. The molecule has 0 aliphatic carbocycles. The van der Waals surface area contributed by atoms with E-state index in [-0.39, 0.29) is 11.3 Å². The van der Waals surface area contributed by atoms with Crippen LogP contribution in [0.2, 0.25) is 0 Å². The number of aromatic nitrogens is 1. The van der Waals surface area contributed by atoms with E-state index in [1.807, 2.05) is 12.3 Å². The minimum atomic E-state index is -0.254. The summed E-state index contributed by atoms with van der Waals surface area (Å²) in [6, 6.07) is 4.06. The minimum absolute atomic E-state index is 0.204. The van der Waals surface area contributed by atoms with E-state index in [9.17, 15) is 4.79 Å². The van der Waals surface area contributed by atoms with Gasteiger partial charge in [0, 0.05) is 32.0 Å². The quantitative estimate of drug-likeness (QED) is 0.896. The Kier molecular flexibility index (Phi) is 5.12. The Morgan fingerprint density at radius 2 is 2.40 bits per heavy atom. The summed E-state index contributed by atoms with van der Waals surface area (Å²) in [6.07, 6.45) is 6.74. The summed E-state index contributed by atoms with van der Waals surface area (Å²) in [5, 5.41) is 3.05. The highest BCUT2D eigenvalue weighted by molar-refractivity contribution is 5.82. The molecular formula is C16H25N3O. The standard InChI is InChI=1S/C16H25N3O/c1-3-8-18-15(20)16(2)7-5-10-19(13-16)12-14-6-4-9-17-11-14/h4,6,9,11H,3,5,7-8,10,12-13H2,1-2H3,(H,18,20). The molecule has 0 spiro atoms. The van der Waals surface area contributed by atoms with Gasteiger partial charge in [-0.1, -0.05) is 13.0 Å². The van der Waals surface area contributed by atoms with Gasteiger partial charge in [0.15, 0.2) is 0 Å². The van der Waals surface area contributed by atoms with E-state index in [0.29, 0.717) is 0 Å². The third-order valence-electron chi connectivity index (χ3n) is 3.99. The van der Waals surface area contributed by atoms with Crippen LogP contribution < -0.4 is 5.32 Å². The second-order valence-corrected chi connectivity index (χ2v) is 5.99. The lowest BCUT2D eigenvalue weighted by Crippen LogP contribution is -2.50. The topological polar surface area (TPSA) is 45.2 Å². The first-order valence-electron chi connectivity index (χ1n) is 7.53. The Hall–Kier alpha value is -1.42. The fraction of sp³-hybridized carbons (Fsp3) is 0.625. The minimum Gasteiger partial charge on any atom is -0.356 e. The Bertz CT molecular complexity index is 435. The van der Waals surface area contributed by atoms with Gasteiger partial charge in [-0.05, 0) is 44.4 Å². The molecule has 0 radical (unpaired) electrons. The predicted octanol–water partition coefficient (Wildman–Crippen LogP) is 2.21. The molecular weight excluding hydrogens is 250 g/mol. The molecule has 1 N–H and O–H groups in total. The van der Waals surface area contributed by atoms with Crippen LogP contribution in [0.4, 0.5) is 0 Å². The van der Waals surface area contributed by atoms with Gasteiger partial charge in [-0.25, -0.2) is 0 Å². The molecule has 0 saturated carbocycles. The van der Waals surface area contributed by atoms with Gasteiger partial charge in [0.1, 0.15) is 0 Å². The number of carbonyl (C=O) groups excluding carboxylic acids is 1. The van der Waals surface area contributed by atoms with Crippen molar-refractivity contribution in [3.63, 3.8) is 0 Å². The van der Waals surface area contributed by atoms with Crippen LogP contribution in [0.5, 0.6) is 0 Å². The fourth-order valence-corrected chi connectivity index (χ4v) is 2.87. The Labute approximate surface area is 121 Å². The summed E-state index contributed by atoms with van der Waals surface area (Å²) in [5.41, 5.74) is 0.959. The van der Waals surface area contributed by atoms with E-state index in [1.165, 1.54) is 5.56 Å². The molecule has 2 heterocycles. The molecule has 1 aromatic heterocycles. The number of pyridine rings is 1. The molecule has 0 aromatic carbocycles. The van der Waals surface area contributed by atoms with Crippen molar-refractivity contribution in [2.75, 3.05) is 19.6 Å². The number of likely N-dealkylation sites (tertiary alicyclic amines) is 1. The van der Waals surface area contributed by atoms with Crippen LogP contribution in [0.15, 0.2) is 24.5 Å². The van der Waals surface area contributed by atoms with Gasteiger partial charge in [0.2, 0.25) is 5.91 Å². The smallest absolute Gasteiger partial charge is 0.227 e. The van der Waals surface area contributed by atoms with Gasteiger partial charge >= 0.3 is 0 Å². The molecule has 1 fully saturated rings. The number of piperidine rings is 1. The molecule has 4 nitrogen and oxygen atoms in total. The lowest BCUT2D eigenvalue weighted by Gasteiger charge is -2.39. The third kappa shape index (κ3) is 3.79.